The third kappa shape index (κ3) is 2.81. The maximum atomic E-state index is 9.22. The van der Waals surface area contributed by atoms with Gasteiger partial charge in [-0.15, -0.1) is 0 Å². The molecule has 1 unspecified atom stereocenters. The summed E-state index contributed by atoms with van der Waals surface area (Å²) in [4.78, 5) is 6.91. The molecule has 3 nitrogen and oxygen atoms in total. The molecule has 1 aliphatic heterocycles. The van der Waals surface area contributed by atoms with Crippen molar-refractivity contribution in [2.24, 2.45) is 5.92 Å². The van der Waals surface area contributed by atoms with E-state index in [2.05, 4.69) is 44.0 Å². The number of hydrogen-bond acceptors (Lipinski definition) is 3. The number of aliphatic hydroxyl groups is 1. The van der Waals surface area contributed by atoms with E-state index in [4.69, 9.17) is 0 Å². The quantitative estimate of drug-likeness (QED) is 0.944. The van der Waals surface area contributed by atoms with Crippen LogP contribution in [0.3, 0.4) is 0 Å². The Hall–Kier alpha value is -0.970. The van der Waals surface area contributed by atoms with Crippen molar-refractivity contribution in [2.75, 3.05) is 19.7 Å². The Morgan fingerprint density at radius 1 is 1.42 bits per heavy atom. The first-order valence-electron chi connectivity index (χ1n) is 6.62. The van der Waals surface area contributed by atoms with Gasteiger partial charge in [-0.2, -0.15) is 0 Å². The largest absolute Gasteiger partial charge is 0.396 e. The normalized spacial score (nSPS) is 20.2. The lowest BCUT2D eigenvalue weighted by atomic mass is 10.1. The molecule has 19 heavy (non-hydrogen) atoms. The molecule has 0 saturated carbocycles. The number of aliphatic hydroxyl groups excluding tert-OH is 1. The summed E-state index contributed by atoms with van der Waals surface area (Å²) in [5.41, 5.74) is 2.33. The van der Waals surface area contributed by atoms with Gasteiger partial charge in [0, 0.05) is 35.8 Å². The molecule has 1 saturated heterocycles. The van der Waals surface area contributed by atoms with Crippen LogP contribution < -0.4 is 0 Å². The maximum absolute atomic E-state index is 9.22. The number of likely N-dealkylation sites (tertiary alicyclic amines) is 1. The van der Waals surface area contributed by atoms with Gasteiger partial charge >= 0.3 is 0 Å². The minimum absolute atomic E-state index is 0.300. The fourth-order valence-electron chi connectivity index (χ4n) is 2.79. The van der Waals surface area contributed by atoms with Crippen molar-refractivity contribution in [3.63, 3.8) is 0 Å². The second-order valence-electron chi connectivity index (χ2n) is 5.21. The van der Waals surface area contributed by atoms with E-state index < -0.39 is 0 Å². The third-order valence-corrected chi connectivity index (χ3v) is 4.23. The number of hydrogen-bond donors (Lipinski definition) is 1. The SMILES string of the molecule is OCC1CCN(Cc2cc(Br)cc3cccnc23)C1. The lowest BCUT2D eigenvalue weighted by molar-refractivity contribution is 0.220. The summed E-state index contributed by atoms with van der Waals surface area (Å²) in [7, 11) is 0. The van der Waals surface area contributed by atoms with E-state index in [1.807, 2.05) is 12.3 Å². The van der Waals surface area contributed by atoms with Crippen LogP contribution in [0.5, 0.6) is 0 Å². The lowest BCUT2D eigenvalue weighted by Gasteiger charge is -2.17. The Morgan fingerprint density at radius 3 is 3.11 bits per heavy atom. The van der Waals surface area contributed by atoms with Gasteiger partial charge in [0.15, 0.2) is 0 Å². The summed E-state index contributed by atoms with van der Waals surface area (Å²) >= 11 is 3.57. The Labute approximate surface area is 121 Å². The number of halogens is 1. The average Bonchev–Trinajstić information content (AvgIpc) is 2.86. The standard InChI is InChI=1S/C15H17BrN2O/c16-14-6-12-2-1-4-17-15(12)13(7-14)9-18-5-3-11(8-18)10-19/h1-2,4,6-7,11,19H,3,5,8-10H2. The van der Waals surface area contributed by atoms with Gasteiger partial charge in [0.1, 0.15) is 0 Å². The molecule has 1 fully saturated rings. The van der Waals surface area contributed by atoms with Gasteiger partial charge in [-0.25, -0.2) is 0 Å². The number of aromatic nitrogens is 1. The van der Waals surface area contributed by atoms with Crippen LogP contribution in [0.1, 0.15) is 12.0 Å². The fraction of sp³-hybridized carbons (Fsp3) is 0.400. The van der Waals surface area contributed by atoms with Crippen LogP contribution >= 0.6 is 15.9 Å². The van der Waals surface area contributed by atoms with E-state index in [1.54, 1.807) is 0 Å². The van der Waals surface area contributed by atoms with E-state index in [0.717, 1.165) is 36.0 Å². The first kappa shape index (κ1) is 13.0. The minimum atomic E-state index is 0.300. The topological polar surface area (TPSA) is 36.4 Å². The first-order valence-corrected chi connectivity index (χ1v) is 7.42. The Morgan fingerprint density at radius 2 is 2.32 bits per heavy atom. The van der Waals surface area contributed by atoms with E-state index >= 15 is 0 Å². The van der Waals surface area contributed by atoms with Crippen molar-refractivity contribution in [2.45, 2.75) is 13.0 Å². The predicted molar refractivity (Wildman–Crippen MR) is 79.9 cm³/mol. The van der Waals surface area contributed by atoms with Crippen LogP contribution in [0.2, 0.25) is 0 Å². The Kier molecular flexibility index (Phi) is 3.82. The highest BCUT2D eigenvalue weighted by Gasteiger charge is 2.22. The Bertz CT molecular complexity index is 587. The second-order valence-corrected chi connectivity index (χ2v) is 6.13. The van der Waals surface area contributed by atoms with E-state index in [-0.39, 0.29) is 0 Å². The third-order valence-electron chi connectivity index (χ3n) is 3.77. The van der Waals surface area contributed by atoms with Gasteiger partial charge in [-0.3, -0.25) is 9.88 Å². The zero-order chi connectivity index (χ0) is 13.2. The Balaban J connectivity index is 1.88. The molecule has 0 bridgehead atoms. The predicted octanol–water partition coefficient (Wildman–Crippen LogP) is 2.81. The van der Waals surface area contributed by atoms with Gasteiger partial charge in [-0.05, 0) is 42.6 Å². The smallest absolute Gasteiger partial charge is 0.0747 e. The molecule has 0 aliphatic carbocycles. The molecule has 0 radical (unpaired) electrons. The summed E-state index contributed by atoms with van der Waals surface area (Å²) in [6.45, 7) is 3.25. The van der Waals surface area contributed by atoms with Crippen molar-refractivity contribution in [1.29, 1.82) is 0 Å². The lowest BCUT2D eigenvalue weighted by Crippen LogP contribution is -2.21. The van der Waals surface area contributed by atoms with Crippen molar-refractivity contribution >= 4 is 26.8 Å². The molecule has 1 atom stereocenters. The van der Waals surface area contributed by atoms with Crippen LogP contribution in [0.25, 0.3) is 10.9 Å². The zero-order valence-corrected chi connectivity index (χ0v) is 12.3. The molecule has 100 valence electrons. The fourth-order valence-corrected chi connectivity index (χ4v) is 3.32. The van der Waals surface area contributed by atoms with Gasteiger partial charge in [0.25, 0.3) is 0 Å². The molecule has 0 amide bonds. The minimum Gasteiger partial charge on any atom is -0.396 e. The molecule has 0 spiro atoms. The molecule has 1 aromatic heterocycles. The number of nitrogens with zero attached hydrogens (tertiary/aromatic N) is 2. The highest BCUT2D eigenvalue weighted by Crippen LogP contribution is 2.25. The summed E-state index contributed by atoms with van der Waals surface area (Å²) in [5, 5.41) is 10.4. The van der Waals surface area contributed by atoms with Crippen LogP contribution in [0.15, 0.2) is 34.9 Å². The number of pyridine rings is 1. The highest BCUT2D eigenvalue weighted by molar-refractivity contribution is 9.10. The summed E-state index contributed by atoms with van der Waals surface area (Å²) in [6.07, 6.45) is 2.94. The monoisotopic (exact) mass is 320 g/mol. The van der Waals surface area contributed by atoms with E-state index in [1.165, 1.54) is 10.9 Å². The summed E-state index contributed by atoms with van der Waals surface area (Å²) in [5.74, 6) is 0.436. The molecule has 1 N–H and O–H groups in total. The van der Waals surface area contributed by atoms with Crippen LogP contribution in [-0.4, -0.2) is 34.7 Å². The number of benzene rings is 1. The molecular formula is C15H17BrN2O. The average molecular weight is 321 g/mol. The number of fused-ring (bicyclic) bond motifs is 1. The van der Waals surface area contributed by atoms with E-state index in [9.17, 15) is 5.11 Å². The molecule has 1 aliphatic rings. The summed E-state index contributed by atoms with van der Waals surface area (Å²) < 4.78 is 1.10. The summed E-state index contributed by atoms with van der Waals surface area (Å²) in [6, 6.07) is 8.32. The van der Waals surface area contributed by atoms with Crippen molar-refractivity contribution in [3.8, 4) is 0 Å². The molecule has 2 aromatic rings. The van der Waals surface area contributed by atoms with Gasteiger partial charge in [0.2, 0.25) is 0 Å². The zero-order valence-electron chi connectivity index (χ0n) is 10.7. The second kappa shape index (κ2) is 5.57. The van der Waals surface area contributed by atoms with Crippen LogP contribution in [-0.2, 0) is 6.54 Å². The van der Waals surface area contributed by atoms with E-state index in [0.29, 0.717) is 12.5 Å². The van der Waals surface area contributed by atoms with Crippen LogP contribution in [0, 0.1) is 5.92 Å². The molecule has 3 rings (SSSR count). The molecule has 4 heteroatoms. The van der Waals surface area contributed by atoms with Crippen molar-refractivity contribution in [1.82, 2.24) is 9.88 Å². The molecule has 2 heterocycles. The molecule has 1 aromatic carbocycles. The van der Waals surface area contributed by atoms with Crippen molar-refractivity contribution < 1.29 is 5.11 Å². The molecular weight excluding hydrogens is 304 g/mol. The van der Waals surface area contributed by atoms with Gasteiger partial charge in [0.05, 0.1) is 5.52 Å². The van der Waals surface area contributed by atoms with Gasteiger partial charge in [-0.1, -0.05) is 22.0 Å². The first-order chi connectivity index (χ1) is 9.26. The number of rotatable bonds is 3. The van der Waals surface area contributed by atoms with Crippen LogP contribution in [0.4, 0.5) is 0 Å². The highest BCUT2D eigenvalue weighted by atomic mass is 79.9. The maximum Gasteiger partial charge on any atom is 0.0747 e. The van der Waals surface area contributed by atoms with Crippen molar-refractivity contribution in [3.05, 3.63) is 40.5 Å². The van der Waals surface area contributed by atoms with Gasteiger partial charge < -0.3 is 5.11 Å².